The molecule has 0 spiro atoms. The van der Waals surface area contributed by atoms with Gasteiger partial charge in [-0.1, -0.05) is 6.07 Å². The van der Waals surface area contributed by atoms with E-state index >= 15 is 0 Å². The molecule has 0 saturated heterocycles. The van der Waals surface area contributed by atoms with Crippen LogP contribution in [0.15, 0.2) is 35.9 Å². The first kappa shape index (κ1) is 12.1. The first-order valence-corrected chi connectivity index (χ1v) is 4.79. The first-order chi connectivity index (χ1) is 7.61. The molecule has 1 aromatic carbocycles. The zero-order valence-electron chi connectivity index (χ0n) is 9.27. The Balaban J connectivity index is 2.57. The fraction of sp³-hybridized carbons (Fsp3) is 0.250. The van der Waals surface area contributed by atoms with E-state index in [0.717, 1.165) is 6.08 Å². The van der Waals surface area contributed by atoms with Gasteiger partial charge in [0.2, 0.25) is 0 Å². The molecular weight excluding hydrogens is 208 g/mol. The third-order valence-electron chi connectivity index (χ3n) is 1.88. The van der Waals surface area contributed by atoms with Crippen molar-refractivity contribution in [3.8, 4) is 11.5 Å². The lowest BCUT2D eigenvalue weighted by atomic mass is 10.3. The monoisotopic (exact) mass is 222 g/mol. The molecule has 0 aliphatic carbocycles. The number of hydrogen-bond donors (Lipinski definition) is 1. The average molecular weight is 222 g/mol. The van der Waals surface area contributed by atoms with Gasteiger partial charge >= 0.3 is 5.97 Å². The first-order valence-electron chi connectivity index (χ1n) is 4.79. The minimum atomic E-state index is -0.966. The van der Waals surface area contributed by atoms with Crippen molar-refractivity contribution in [2.24, 2.45) is 0 Å². The number of hydrogen-bond acceptors (Lipinski definition) is 3. The summed E-state index contributed by atoms with van der Waals surface area (Å²) in [6, 6.07) is 7.15. The van der Waals surface area contributed by atoms with Crippen molar-refractivity contribution in [3.05, 3.63) is 35.9 Å². The molecule has 16 heavy (non-hydrogen) atoms. The SMILES string of the molecule is COc1cccc(OC/C(C)=C/C(=O)O)c1. The number of carboxylic acids is 1. The summed E-state index contributed by atoms with van der Waals surface area (Å²) in [5, 5.41) is 8.51. The summed E-state index contributed by atoms with van der Waals surface area (Å²) in [5.74, 6) is 0.390. The molecule has 0 unspecified atom stereocenters. The Morgan fingerprint density at radius 2 is 2.12 bits per heavy atom. The summed E-state index contributed by atoms with van der Waals surface area (Å²) in [6.07, 6.45) is 1.13. The van der Waals surface area contributed by atoms with E-state index in [1.165, 1.54) is 0 Å². The third-order valence-corrected chi connectivity index (χ3v) is 1.88. The molecule has 0 atom stereocenters. The fourth-order valence-electron chi connectivity index (χ4n) is 1.14. The zero-order chi connectivity index (χ0) is 12.0. The largest absolute Gasteiger partial charge is 0.497 e. The molecule has 0 heterocycles. The van der Waals surface area contributed by atoms with Crippen LogP contribution in [0.5, 0.6) is 11.5 Å². The van der Waals surface area contributed by atoms with Gasteiger partial charge < -0.3 is 14.6 Å². The molecule has 1 aromatic rings. The maximum atomic E-state index is 10.4. The van der Waals surface area contributed by atoms with Gasteiger partial charge in [-0.3, -0.25) is 0 Å². The number of ether oxygens (including phenoxy) is 2. The van der Waals surface area contributed by atoms with Crippen LogP contribution in [0, 0.1) is 0 Å². The van der Waals surface area contributed by atoms with Crippen LogP contribution in [0.1, 0.15) is 6.92 Å². The van der Waals surface area contributed by atoms with Gasteiger partial charge in [-0.15, -0.1) is 0 Å². The van der Waals surface area contributed by atoms with Crippen LogP contribution in [0.3, 0.4) is 0 Å². The Morgan fingerprint density at radius 1 is 1.44 bits per heavy atom. The number of aliphatic carboxylic acids is 1. The molecule has 1 N–H and O–H groups in total. The standard InChI is InChI=1S/C12H14O4/c1-9(6-12(13)14)8-16-11-5-3-4-10(7-11)15-2/h3-7H,8H2,1-2H3,(H,13,14)/b9-6+. The predicted molar refractivity (Wildman–Crippen MR) is 59.9 cm³/mol. The number of benzene rings is 1. The van der Waals surface area contributed by atoms with E-state index in [2.05, 4.69) is 0 Å². The van der Waals surface area contributed by atoms with Gasteiger partial charge in [-0.05, 0) is 24.6 Å². The Morgan fingerprint density at radius 3 is 2.75 bits per heavy atom. The van der Waals surface area contributed by atoms with E-state index in [9.17, 15) is 4.79 Å². The third kappa shape index (κ3) is 4.04. The van der Waals surface area contributed by atoms with Gasteiger partial charge in [-0.2, -0.15) is 0 Å². The summed E-state index contributed by atoms with van der Waals surface area (Å²) < 4.78 is 10.4. The number of carboxylic acid groups (broad SMARTS) is 1. The molecule has 0 aromatic heterocycles. The van der Waals surface area contributed by atoms with E-state index < -0.39 is 5.97 Å². The van der Waals surface area contributed by atoms with Crippen molar-refractivity contribution < 1.29 is 19.4 Å². The maximum absolute atomic E-state index is 10.4. The van der Waals surface area contributed by atoms with E-state index in [0.29, 0.717) is 17.1 Å². The maximum Gasteiger partial charge on any atom is 0.328 e. The molecule has 0 aliphatic rings. The second-order valence-electron chi connectivity index (χ2n) is 3.30. The topological polar surface area (TPSA) is 55.8 Å². The second-order valence-corrected chi connectivity index (χ2v) is 3.30. The lowest BCUT2D eigenvalue weighted by Crippen LogP contribution is -2.01. The van der Waals surface area contributed by atoms with Crippen molar-refractivity contribution >= 4 is 5.97 Å². The predicted octanol–water partition coefficient (Wildman–Crippen LogP) is 2.10. The molecule has 0 radical (unpaired) electrons. The highest BCUT2D eigenvalue weighted by Crippen LogP contribution is 2.19. The molecule has 1 rings (SSSR count). The van der Waals surface area contributed by atoms with Crippen LogP contribution in [-0.2, 0) is 4.79 Å². The molecule has 0 bridgehead atoms. The second kappa shape index (κ2) is 5.80. The van der Waals surface area contributed by atoms with Gasteiger partial charge in [0, 0.05) is 12.1 Å². The summed E-state index contributed by atoms with van der Waals surface area (Å²) in [6.45, 7) is 1.95. The lowest BCUT2D eigenvalue weighted by molar-refractivity contribution is -0.131. The fourth-order valence-corrected chi connectivity index (χ4v) is 1.14. The molecule has 4 heteroatoms. The minimum absolute atomic E-state index is 0.249. The quantitative estimate of drug-likeness (QED) is 0.775. The van der Waals surface area contributed by atoms with E-state index in [1.807, 2.05) is 12.1 Å². The molecule has 86 valence electrons. The Labute approximate surface area is 94.1 Å². The molecular formula is C12H14O4. The van der Waals surface area contributed by atoms with E-state index in [-0.39, 0.29) is 6.61 Å². The normalized spacial score (nSPS) is 11.0. The number of rotatable bonds is 5. The van der Waals surface area contributed by atoms with Crippen molar-refractivity contribution in [1.82, 2.24) is 0 Å². The Kier molecular flexibility index (Phi) is 4.39. The van der Waals surface area contributed by atoms with Crippen LogP contribution < -0.4 is 9.47 Å². The number of methoxy groups -OCH3 is 1. The Bertz CT molecular complexity index is 396. The van der Waals surface area contributed by atoms with Crippen LogP contribution in [0.25, 0.3) is 0 Å². The molecule has 4 nitrogen and oxygen atoms in total. The highest BCUT2D eigenvalue weighted by Gasteiger charge is 1.98. The van der Waals surface area contributed by atoms with Crippen molar-refractivity contribution in [1.29, 1.82) is 0 Å². The van der Waals surface area contributed by atoms with Gasteiger partial charge in [-0.25, -0.2) is 4.79 Å². The van der Waals surface area contributed by atoms with Gasteiger partial charge in [0.1, 0.15) is 18.1 Å². The van der Waals surface area contributed by atoms with E-state index in [4.69, 9.17) is 14.6 Å². The van der Waals surface area contributed by atoms with E-state index in [1.54, 1.807) is 26.2 Å². The van der Waals surface area contributed by atoms with Gasteiger partial charge in [0.25, 0.3) is 0 Å². The van der Waals surface area contributed by atoms with Gasteiger partial charge in [0.15, 0.2) is 0 Å². The minimum Gasteiger partial charge on any atom is -0.497 e. The molecule has 0 amide bonds. The Hall–Kier alpha value is -1.97. The van der Waals surface area contributed by atoms with Gasteiger partial charge in [0.05, 0.1) is 7.11 Å². The van der Waals surface area contributed by atoms with Crippen LogP contribution in [0.4, 0.5) is 0 Å². The molecule has 0 aliphatic heterocycles. The smallest absolute Gasteiger partial charge is 0.328 e. The number of carbonyl (C=O) groups is 1. The average Bonchev–Trinajstić information content (AvgIpc) is 2.26. The summed E-state index contributed by atoms with van der Waals surface area (Å²) in [7, 11) is 1.58. The summed E-state index contributed by atoms with van der Waals surface area (Å²) in [5.41, 5.74) is 0.648. The molecule has 0 saturated carbocycles. The lowest BCUT2D eigenvalue weighted by Gasteiger charge is -2.07. The van der Waals surface area contributed by atoms with Crippen LogP contribution in [-0.4, -0.2) is 24.8 Å². The molecule has 0 fully saturated rings. The van der Waals surface area contributed by atoms with Crippen molar-refractivity contribution in [2.75, 3.05) is 13.7 Å². The van der Waals surface area contributed by atoms with Crippen molar-refractivity contribution in [3.63, 3.8) is 0 Å². The zero-order valence-corrected chi connectivity index (χ0v) is 9.27. The highest BCUT2D eigenvalue weighted by atomic mass is 16.5. The van der Waals surface area contributed by atoms with Crippen molar-refractivity contribution in [2.45, 2.75) is 6.92 Å². The summed E-state index contributed by atoms with van der Waals surface area (Å²) >= 11 is 0. The highest BCUT2D eigenvalue weighted by molar-refractivity contribution is 5.80. The van der Waals surface area contributed by atoms with Crippen LogP contribution in [0.2, 0.25) is 0 Å². The summed E-state index contributed by atoms with van der Waals surface area (Å²) in [4.78, 5) is 10.4. The van der Waals surface area contributed by atoms with Crippen LogP contribution >= 0.6 is 0 Å².